The second-order valence-corrected chi connectivity index (χ2v) is 6.21. The van der Waals surface area contributed by atoms with Crippen molar-refractivity contribution in [3.8, 4) is 0 Å². The van der Waals surface area contributed by atoms with Crippen LogP contribution < -0.4 is 0 Å². The molecule has 2 atom stereocenters. The van der Waals surface area contributed by atoms with E-state index < -0.39 is 12.0 Å². The predicted octanol–water partition coefficient (Wildman–Crippen LogP) is 1.87. The fourth-order valence-corrected chi connectivity index (χ4v) is 2.89. The lowest BCUT2D eigenvalue weighted by Crippen LogP contribution is -2.49. The summed E-state index contributed by atoms with van der Waals surface area (Å²) in [6.07, 6.45) is 1.34. The van der Waals surface area contributed by atoms with E-state index in [4.69, 9.17) is 0 Å². The van der Waals surface area contributed by atoms with Gasteiger partial charge in [0.15, 0.2) is 5.69 Å². The third-order valence-electron chi connectivity index (χ3n) is 4.14. The lowest BCUT2D eigenvalue weighted by Gasteiger charge is -2.35. The van der Waals surface area contributed by atoms with Gasteiger partial charge in [0.1, 0.15) is 6.04 Å². The van der Waals surface area contributed by atoms with Crippen molar-refractivity contribution in [1.29, 1.82) is 0 Å². The Morgan fingerprint density at radius 1 is 1.43 bits per heavy atom. The zero-order valence-corrected chi connectivity index (χ0v) is 13.0. The first-order valence-electron chi connectivity index (χ1n) is 7.39. The maximum Gasteiger partial charge on any atom is 0.326 e. The third kappa shape index (κ3) is 3.09. The molecule has 1 aliphatic rings. The van der Waals surface area contributed by atoms with Crippen molar-refractivity contribution in [1.82, 2.24) is 14.7 Å². The van der Waals surface area contributed by atoms with Crippen LogP contribution in [-0.4, -0.2) is 44.3 Å². The average molecular weight is 293 g/mol. The summed E-state index contributed by atoms with van der Waals surface area (Å²) in [5, 5.41) is 13.6. The molecular weight excluding hydrogens is 270 g/mol. The van der Waals surface area contributed by atoms with Crippen molar-refractivity contribution in [3.05, 3.63) is 17.5 Å². The normalized spacial score (nSPS) is 22.6. The van der Waals surface area contributed by atoms with Crippen LogP contribution in [-0.2, 0) is 11.8 Å². The van der Waals surface area contributed by atoms with Gasteiger partial charge in [-0.25, -0.2) is 4.79 Å². The molecule has 1 aromatic rings. The van der Waals surface area contributed by atoms with Crippen molar-refractivity contribution in [2.24, 2.45) is 13.0 Å². The molecule has 2 heterocycles. The number of carbonyl (C=O) groups excluding carboxylic acids is 1. The zero-order chi connectivity index (χ0) is 15.7. The summed E-state index contributed by atoms with van der Waals surface area (Å²) in [7, 11) is 1.80. The highest BCUT2D eigenvalue weighted by Crippen LogP contribution is 2.25. The van der Waals surface area contributed by atoms with E-state index in [2.05, 4.69) is 5.10 Å². The van der Waals surface area contributed by atoms with Crippen LogP contribution in [0.4, 0.5) is 0 Å². The molecule has 2 unspecified atom stereocenters. The maximum atomic E-state index is 12.6. The number of aromatic nitrogens is 2. The number of hydrogen-bond donors (Lipinski definition) is 1. The van der Waals surface area contributed by atoms with Gasteiger partial charge in [0.2, 0.25) is 0 Å². The second-order valence-electron chi connectivity index (χ2n) is 6.21. The first kappa shape index (κ1) is 15.5. The number of rotatable bonds is 3. The van der Waals surface area contributed by atoms with Crippen molar-refractivity contribution in [2.75, 3.05) is 6.54 Å². The van der Waals surface area contributed by atoms with Crippen LogP contribution in [0.5, 0.6) is 0 Å². The number of aryl methyl sites for hydroxylation is 1. The molecule has 116 valence electrons. The Morgan fingerprint density at radius 2 is 2.10 bits per heavy atom. The summed E-state index contributed by atoms with van der Waals surface area (Å²) in [6, 6.07) is 1.02. The van der Waals surface area contributed by atoms with Gasteiger partial charge in [-0.3, -0.25) is 9.48 Å². The number of likely N-dealkylation sites (tertiary alicyclic amines) is 1. The van der Waals surface area contributed by atoms with Gasteiger partial charge in [-0.1, -0.05) is 20.8 Å². The lowest BCUT2D eigenvalue weighted by molar-refractivity contribution is -0.144. The quantitative estimate of drug-likeness (QED) is 0.923. The minimum atomic E-state index is -0.935. The molecule has 0 saturated carbocycles. The van der Waals surface area contributed by atoms with Crippen LogP contribution in [0.2, 0.25) is 0 Å². The summed E-state index contributed by atoms with van der Waals surface area (Å²) in [6.45, 7) is 6.57. The molecule has 1 aromatic heterocycles. The summed E-state index contributed by atoms with van der Waals surface area (Å²) in [5.74, 6) is -0.627. The fraction of sp³-hybridized carbons (Fsp3) is 0.667. The predicted molar refractivity (Wildman–Crippen MR) is 78.2 cm³/mol. The monoisotopic (exact) mass is 293 g/mol. The van der Waals surface area contributed by atoms with Crippen molar-refractivity contribution in [2.45, 2.75) is 45.6 Å². The SMILES string of the molecule is CC1CCN(C(=O)c2cc(C(C)C)n(C)n2)C(C(=O)O)C1. The molecule has 21 heavy (non-hydrogen) atoms. The van der Waals surface area contributed by atoms with E-state index in [0.717, 1.165) is 12.1 Å². The van der Waals surface area contributed by atoms with E-state index in [0.29, 0.717) is 24.6 Å². The minimum Gasteiger partial charge on any atom is -0.480 e. The van der Waals surface area contributed by atoms with Gasteiger partial charge in [-0.05, 0) is 30.7 Å². The average Bonchev–Trinajstić information content (AvgIpc) is 2.80. The Labute approximate surface area is 124 Å². The van der Waals surface area contributed by atoms with Gasteiger partial charge in [-0.15, -0.1) is 0 Å². The molecule has 1 fully saturated rings. The molecule has 1 amide bonds. The van der Waals surface area contributed by atoms with Gasteiger partial charge in [0, 0.05) is 19.3 Å². The van der Waals surface area contributed by atoms with E-state index in [1.165, 1.54) is 4.90 Å². The second kappa shape index (κ2) is 5.87. The molecule has 1 saturated heterocycles. The summed E-state index contributed by atoms with van der Waals surface area (Å²) < 4.78 is 1.69. The van der Waals surface area contributed by atoms with Crippen LogP contribution in [0.25, 0.3) is 0 Å². The largest absolute Gasteiger partial charge is 0.480 e. The summed E-state index contributed by atoms with van der Waals surface area (Å²) in [5.41, 5.74) is 1.30. The van der Waals surface area contributed by atoms with Gasteiger partial charge in [-0.2, -0.15) is 5.10 Å². The number of amides is 1. The maximum absolute atomic E-state index is 12.6. The number of nitrogens with zero attached hydrogens (tertiary/aromatic N) is 3. The standard InChI is InChI=1S/C15H23N3O3/c1-9(2)12-8-11(16-17(12)4)14(19)18-6-5-10(3)7-13(18)15(20)21/h8-10,13H,5-7H2,1-4H3,(H,20,21). The van der Waals surface area contributed by atoms with Gasteiger partial charge >= 0.3 is 5.97 Å². The molecular formula is C15H23N3O3. The van der Waals surface area contributed by atoms with Gasteiger partial charge < -0.3 is 10.0 Å². The van der Waals surface area contributed by atoms with Crippen LogP contribution in [0.3, 0.4) is 0 Å². The summed E-state index contributed by atoms with van der Waals surface area (Å²) in [4.78, 5) is 25.5. The molecule has 1 N–H and O–H groups in total. The third-order valence-corrected chi connectivity index (χ3v) is 4.14. The fourth-order valence-electron chi connectivity index (χ4n) is 2.89. The first-order valence-corrected chi connectivity index (χ1v) is 7.39. The highest BCUT2D eigenvalue weighted by atomic mass is 16.4. The number of carbonyl (C=O) groups is 2. The number of aliphatic carboxylic acids is 1. The van der Waals surface area contributed by atoms with Crippen LogP contribution in [0, 0.1) is 5.92 Å². The Morgan fingerprint density at radius 3 is 2.62 bits per heavy atom. The van der Waals surface area contributed by atoms with E-state index in [9.17, 15) is 14.7 Å². The topological polar surface area (TPSA) is 75.4 Å². The van der Waals surface area contributed by atoms with Gasteiger partial charge in [0.25, 0.3) is 5.91 Å². The molecule has 2 rings (SSSR count). The molecule has 0 spiro atoms. The molecule has 0 aromatic carbocycles. The molecule has 6 nitrogen and oxygen atoms in total. The van der Waals surface area contributed by atoms with E-state index in [-0.39, 0.29) is 11.8 Å². The van der Waals surface area contributed by atoms with E-state index in [1.807, 2.05) is 20.8 Å². The van der Waals surface area contributed by atoms with Crippen LogP contribution in [0.1, 0.15) is 55.7 Å². The number of piperidine rings is 1. The molecule has 0 radical (unpaired) electrons. The van der Waals surface area contributed by atoms with Crippen molar-refractivity contribution < 1.29 is 14.7 Å². The Balaban J connectivity index is 2.25. The highest BCUT2D eigenvalue weighted by molar-refractivity contribution is 5.95. The molecule has 0 bridgehead atoms. The van der Waals surface area contributed by atoms with E-state index >= 15 is 0 Å². The Hall–Kier alpha value is -1.85. The summed E-state index contributed by atoms with van der Waals surface area (Å²) >= 11 is 0. The molecule has 0 aliphatic carbocycles. The number of carboxylic acids is 1. The Bertz CT molecular complexity index is 550. The van der Waals surface area contributed by atoms with Crippen molar-refractivity contribution in [3.63, 3.8) is 0 Å². The molecule has 6 heteroatoms. The zero-order valence-electron chi connectivity index (χ0n) is 13.0. The number of carboxylic acid groups (broad SMARTS) is 1. The number of hydrogen-bond acceptors (Lipinski definition) is 3. The first-order chi connectivity index (χ1) is 9.81. The molecule has 1 aliphatic heterocycles. The minimum absolute atomic E-state index is 0.265. The van der Waals surface area contributed by atoms with Crippen molar-refractivity contribution >= 4 is 11.9 Å². The van der Waals surface area contributed by atoms with Crippen LogP contribution >= 0.6 is 0 Å². The van der Waals surface area contributed by atoms with E-state index in [1.54, 1.807) is 17.8 Å². The van der Waals surface area contributed by atoms with Crippen LogP contribution in [0.15, 0.2) is 6.07 Å². The lowest BCUT2D eigenvalue weighted by atomic mass is 9.92. The Kier molecular flexibility index (Phi) is 4.34. The highest BCUT2D eigenvalue weighted by Gasteiger charge is 2.36. The van der Waals surface area contributed by atoms with Gasteiger partial charge in [0.05, 0.1) is 0 Å². The smallest absolute Gasteiger partial charge is 0.326 e.